The molecule has 0 saturated heterocycles. The average molecular weight is 517 g/mol. The molecular weight excluding hydrogens is 472 g/mol. The summed E-state index contributed by atoms with van der Waals surface area (Å²) in [6.45, 7) is 1.10. The highest BCUT2D eigenvalue weighted by atomic mass is 16.3. The van der Waals surface area contributed by atoms with Crippen molar-refractivity contribution in [3.63, 3.8) is 0 Å². The van der Waals surface area contributed by atoms with E-state index in [0.717, 1.165) is 6.07 Å². The fraction of sp³-hybridized carbons (Fsp3) is 0. The van der Waals surface area contributed by atoms with Crippen molar-refractivity contribution < 1.29 is 29.1 Å². The topological polar surface area (TPSA) is 13.1 Å². The van der Waals surface area contributed by atoms with E-state index in [-0.39, 0.29) is 49.4 Å². The third kappa shape index (κ3) is 3.55. The van der Waals surface area contributed by atoms with E-state index in [1.165, 1.54) is 0 Å². The van der Waals surface area contributed by atoms with Crippen LogP contribution in [0.4, 0.5) is 0 Å². The summed E-state index contributed by atoms with van der Waals surface area (Å²) in [6, 6.07) is -1.67. The van der Waals surface area contributed by atoms with Gasteiger partial charge in [-0.3, -0.25) is 0 Å². The molecule has 0 unspecified atom stereocenters. The highest BCUT2D eigenvalue weighted by molar-refractivity contribution is 6.19. The number of hydrogen-bond donors (Lipinski definition) is 0. The molecular formula is C38H26O. The lowest BCUT2D eigenvalue weighted by atomic mass is 9.81. The maximum atomic E-state index is 9.34. The van der Waals surface area contributed by atoms with Crippen molar-refractivity contribution in [3.8, 4) is 33.4 Å². The number of para-hydroxylation sites is 1. The predicted molar refractivity (Wildman–Crippen MR) is 168 cm³/mol. The second-order valence-electron chi connectivity index (χ2n) is 8.49. The van der Waals surface area contributed by atoms with Crippen molar-refractivity contribution in [1.29, 1.82) is 0 Å². The van der Waals surface area contributed by atoms with Gasteiger partial charge in [0.2, 0.25) is 0 Å². The van der Waals surface area contributed by atoms with Gasteiger partial charge in [-0.2, -0.15) is 0 Å². The Kier molecular flexibility index (Phi) is 2.61. The second-order valence-corrected chi connectivity index (χ2v) is 8.49. The number of rotatable bonds is 5. The van der Waals surface area contributed by atoms with Gasteiger partial charge in [0.1, 0.15) is 11.2 Å². The first kappa shape index (κ1) is 10.9. The molecule has 1 heteroatoms. The van der Waals surface area contributed by atoms with Crippen LogP contribution in [0.25, 0.3) is 78.2 Å². The van der Waals surface area contributed by atoms with E-state index in [0.29, 0.717) is 13.1 Å². The lowest BCUT2D eigenvalue weighted by molar-refractivity contribution is 0.669. The van der Waals surface area contributed by atoms with E-state index in [2.05, 4.69) is 0 Å². The zero-order chi connectivity index (χ0) is 41.7. The Bertz CT molecular complexity index is 2980. The standard InChI is InChI=1S/C38H26O/c1-3-26-27(4-2)37(33-22-14-24-35-38(33)32-21-12-13-23-34(32)39-35)31-20-11-10-19-30(31)36(26)29-18-9-8-17-28(29)25-15-6-5-7-16-25/h3-24H,1-2H2/i1D,2D,3D,4D,8D,9D,10D,11D,12D,13D,14D,17D,18D,19D,21D,22D,23D,24D. The summed E-state index contributed by atoms with van der Waals surface area (Å²) in [4.78, 5) is 0. The molecule has 0 fully saturated rings. The van der Waals surface area contributed by atoms with Crippen molar-refractivity contribution >= 4 is 44.8 Å². The lowest BCUT2D eigenvalue weighted by Gasteiger charge is -2.22. The normalized spacial score (nSPS) is 18.9. The molecule has 7 aromatic rings. The summed E-state index contributed by atoms with van der Waals surface area (Å²) in [5.74, 6) is 0. The first-order chi connectivity index (χ1) is 26.9. The van der Waals surface area contributed by atoms with Crippen LogP contribution in [0.3, 0.4) is 0 Å². The van der Waals surface area contributed by atoms with Crippen LogP contribution in [-0.2, 0) is 0 Å². The maximum Gasteiger partial charge on any atom is 0.136 e. The van der Waals surface area contributed by atoms with Gasteiger partial charge in [-0.1, -0.05) is 134 Å². The number of hydrogen-bond acceptors (Lipinski definition) is 1. The average Bonchev–Trinajstić information content (AvgIpc) is 3.61. The van der Waals surface area contributed by atoms with Gasteiger partial charge in [0.05, 0.1) is 24.7 Å². The van der Waals surface area contributed by atoms with E-state index in [9.17, 15) is 6.85 Å². The zero-order valence-corrected chi connectivity index (χ0v) is 20.0. The van der Waals surface area contributed by atoms with E-state index >= 15 is 0 Å². The molecule has 1 aromatic heterocycles. The second kappa shape index (κ2) is 9.31. The minimum Gasteiger partial charge on any atom is -0.456 e. The van der Waals surface area contributed by atoms with Crippen LogP contribution in [0, 0.1) is 0 Å². The summed E-state index contributed by atoms with van der Waals surface area (Å²) in [7, 11) is 0. The fourth-order valence-electron chi connectivity index (χ4n) is 4.92. The SMILES string of the molecule is [2H]C=C([2H])c1c(C([2H])=C[2H])c(-c2c([2H])c([2H])c([2H])c([2H])c2-c2ccccc2)c2c([2H])c([2H])c([2H])cc2c1-c1c([2H])c([2H])c([2H])c2oc3c([2H])c([2H])c([2H])c([2H])c3c12. The van der Waals surface area contributed by atoms with Gasteiger partial charge in [0, 0.05) is 10.8 Å². The van der Waals surface area contributed by atoms with Gasteiger partial charge in [0.15, 0.2) is 0 Å². The van der Waals surface area contributed by atoms with Crippen LogP contribution in [0.2, 0.25) is 0 Å². The van der Waals surface area contributed by atoms with E-state index in [1.807, 2.05) is 0 Å². The molecule has 1 heterocycles. The van der Waals surface area contributed by atoms with E-state index in [1.54, 1.807) is 30.3 Å². The van der Waals surface area contributed by atoms with Crippen molar-refractivity contribution in [2.24, 2.45) is 0 Å². The molecule has 7 rings (SSSR count). The first-order valence-electron chi connectivity index (χ1n) is 20.9. The van der Waals surface area contributed by atoms with Gasteiger partial charge in [-0.25, -0.2) is 0 Å². The molecule has 0 radical (unpaired) electrons. The van der Waals surface area contributed by atoms with Crippen LogP contribution >= 0.6 is 0 Å². The molecule has 0 atom stereocenters. The third-order valence-electron chi connectivity index (χ3n) is 6.50. The first-order valence-corrected chi connectivity index (χ1v) is 11.7. The predicted octanol–water partition coefficient (Wildman–Crippen LogP) is 11.0. The molecule has 6 aromatic carbocycles. The van der Waals surface area contributed by atoms with Gasteiger partial charge in [0.25, 0.3) is 0 Å². The van der Waals surface area contributed by atoms with Gasteiger partial charge in [-0.15, -0.1) is 0 Å². The highest BCUT2D eigenvalue weighted by Crippen LogP contribution is 2.47. The molecule has 0 spiro atoms. The molecule has 0 N–H and O–H groups in total. The van der Waals surface area contributed by atoms with Crippen LogP contribution in [0.5, 0.6) is 0 Å². The molecule has 0 saturated carbocycles. The highest BCUT2D eigenvalue weighted by Gasteiger charge is 2.22. The van der Waals surface area contributed by atoms with Crippen molar-refractivity contribution in [2.75, 3.05) is 0 Å². The number of benzene rings is 6. The third-order valence-corrected chi connectivity index (χ3v) is 6.50. The quantitative estimate of drug-likeness (QED) is 0.222. The summed E-state index contributed by atoms with van der Waals surface area (Å²) in [5, 5.41) is -1.20. The van der Waals surface area contributed by atoms with Crippen molar-refractivity contribution in [2.45, 2.75) is 0 Å². The molecule has 0 aliphatic carbocycles. The van der Waals surface area contributed by atoms with Crippen LogP contribution in [0.1, 0.15) is 35.8 Å². The monoisotopic (exact) mass is 516 g/mol. The van der Waals surface area contributed by atoms with Crippen LogP contribution in [0.15, 0.2) is 139 Å². The zero-order valence-electron chi connectivity index (χ0n) is 38.0. The Balaban J connectivity index is 1.92. The Morgan fingerprint density at radius 1 is 0.590 bits per heavy atom. The summed E-state index contributed by atoms with van der Waals surface area (Å²) < 4.78 is 164. The number of furan rings is 1. The lowest BCUT2D eigenvalue weighted by Crippen LogP contribution is -1.97. The summed E-state index contributed by atoms with van der Waals surface area (Å²) >= 11 is 0. The fourth-order valence-corrected chi connectivity index (χ4v) is 4.92. The molecule has 0 bridgehead atoms. The summed E-state index contributed by atoms with van der Waals surface area (Å²) in [5.41, 5.74) is -3.07. The Morgan fingerprint density at radius 3 is 2.05 bits per heavy atom. The largest absolute Gasteiger partial charge is 0.456 e. The minimum absolute atomic E-state index is 0.115. The Hall–Kier alpha value is -5.14. The van der Waals surface area contributed by atoms with Crippen LogP contribution < -0.4 is 0 Å². The molecule has 0 amide bonds. The van der Waals surface area contributed by atoms with Crippen molar-refractivity contribution in [1.82, 2.24) is 0 Å². The van der Waals surface area contributed by atoms with Crippen molar-refractivity contribution in [3.05, 3.63) is 145 Å². The van der Waals surface area contributed by atoms with Gasteiger partial charge < -0.3 is 4.42 Å². The molecule has 0 aliphatic heterocycles. The molecule has 0 aliphatic rings. The van der Waals surface area contributed by atoms with Gasteiger partial charge in [-0.05, 0) is 67.4 Å². The van der Waals surface area contributed by atoms with E-state index in [4.69, 9.17) is 22.2 Å². The smallest absolute Gasteiger partial charge is 0.136 e. The van der Waals surface area contributed by atoms with Crippen LogP contribution in [-0.4, -0.2) is 0 Å². The molecule has 39 heavy (non-hydrogen) atoms. The number of fused-ring (bicyclic) bond motifs is 4. The minimum atomic E-state index is -0.766. The Morgan fingerprint density at radius 2 is 1.23 bits per heavy atom. The summed E-state index contributed by atoms with van der Waals surface area (Å²) in [6.07, 6.45) is 0. The Labute approximate surface area is 253 Å². The maximum absolute atomic E-state index is 9.34. The molecule has 1 nitrogen and oxygen atoms in total. The van der Waals surface area contributed by atoms with Gasteiger partial charge >= 0.3 is 0 Å². The van der Waals surface area contributed by atoms with E-state index < -0.39 is 125 Å². The molecule has 184 valence electrons.